The molecule has 102 valence electrons. The van der Waals surface area contributed by atoms with Crippen molar-refractivity contribution in [2.24, 2.45) is 5.92 Å². The fourth-order valence-electron chi connectivity index (χ4n) is 1.95. The molecule has 0 aliphatic rings. The van der Waals surface area contributed by atoms with E-state index in [9.17, 15) is 9.90 Å². The lowest BCUT2D eigenvalue weighted by Crippen LogP contribution is -2.36. The summed E-state index contributed by atoms with van der Waals surface area (Å²) in [6, 6.07) is 1.73. The topological polar surface area (TPSA) is 75.4 Å². The van der Waals surface area contributed by atoms with Gasteiger partial charge in [-0.25, -0.2) is 0 Å². The van der Waals surface area contributed by atoms with Gasteiger partial charge < -0.3 is 14.9 Å². The fraction of sp³-hybridized carbons (Fsp3) is 0.692. The third-order valence-corrected chi connectivity index (χ3v) is 3.12. The molecule has 1 rings (SSSR count). The summed E-state index contributed by atoms with van der Waals surface area (Å²) >= 11 is 0. The van der Waals surface area contributed by atoms with Crippen LogP contribution >= 0.6 is 0 Å². The van der Waals surface area contributed by atoms with Crippen molar-refractivity contribution in [3.63, 3.8) is 0 Å². The molecule has 0 radical (unpaired) electrons. The number of nitrogens with zero attached hydrogens (tertiary/aromatic N) is 1. The monoisotopic (exact) mass is 254 g/mol. The quantitative estimate of drug-likeness (QED) is 0.772. The lowest BCUT2D eigenvalue weighted by atomic mass is 9.96. The van der Waals surface area contributed by atoms with Crippen molar-refractivity contribution < 1.29 is 14.4 Å². The van der Waals surface area contributed by atoms with Crippen molar-refractivity contribution in [2.75, 3.05) is 6.54 Å². The lowest BCUT2D eigenvalue weighted by Gasteiger charge is -2.20. The molecule has 1 atom stereocenters. The van der Waals surface area contributed by atoms with Gasteiger partial charge in [0.15, 0.2) is 0 Å². The van der Waals surface area contributed by atoms with Crippen LogP contribution in [0.1, 0.15) is 38.1 Å². The largest absolute Gasteiger partial charge is 0.391 e. The van der Waals surface area contributed by atoms with Crippen LogP contribution in [0.3, 0.4) is 0 Å². The maximum atomic E-state index is 11.6. The van der Waals surface area contributed by atoms with Crippen LogP contribution in [0.15, 0.2) is 10.6 Å². The molecule has 1 aromatic rings. The number of aliphatic hydroxyl groups excluding tert-OH is 1. The van der Waals surface area contributed by atoms with Crippen molar-refractivity contribution in [2.45, 2.75) is 46.1 Å². The molecular formula is C13H22N2O3. The van der Waals surface area contributed by atoms with Gasteiger partial charge in [-0.05, 0) is 12.8 Å². The molecule has 0 aromatic carbocycles. The van der Waals surface area contributed by atoms with E-state index >= 15 is 0 Å². The van der Waals surface area contributed by atoms with Gasteiger partial charge in [0.25, 0.3) is 0 Å². The molecule has 0 aliphatic heterocycles. The minimum atomic E-state index is -0.483. The number of carbonyl (C=O) groups excluding carboxylic acids is 1. The molecular weight excluding hydrogens is 232 g/mol. The molecule has 5 nitrogen and oxygen atoms in total. The average molecular weight is 254 g/mol. The number of hydrogen-bond donors (Lipinski definition) is 2. The summed E-state index contributed by atoms with van der Waals surface area (Å²) < 4.78 is 4.88. The highest BCUT2D eigenvalue weighted by Gasteiger charge is 2.16. The molecule has 1 unspecified atom stereocenters. The third-order valence-electron chi connectivity index (χ3n) is 3.12. The normalized spacial score (nSPS) is 12.7. The highest BCUT2D eigenvalue weighted by Crippen LogP contribution is 2.12. The predicted octanol–water partition coefficient (Wildman–Crippen LogP) is 1.44. The first-order valence-corrected chi connectivity index (χ1v) is 6.43. The summed E-state index contributed by atoms with van der Waals surface area (Å²) in [7, 11) is 0. The summed E-state index contributed by atoms with van der Waals surface area (Å²) in [6.45, 7) is 6.15. The van der Waals surface area contributed by atoms with E-state index in [2.05, 4.69) is 10.5 Å². The van der Waals surface area contributed by atoms with E-state index in [0.717, 1.165) is 12.8 Å². The minimum Gasteiger partial charge on any atom is -0.391 e. The number of nitrogens with one attached hydrogen (secondary N) is 1. The maximum absolute atomic E-state index is 11.6. The highest BCUT2D eigenvalue weighted by atomic mass is 16.5. The molecule has 1 heterocycles. The van der Waals surface area contributed by atoms with Crippen LogP contribution in [0.5, 0.6) is 0 Å². The number of aromatic nitrogens is 1. The Labute approximate surface area is 108 Å². The average Bonchev–Trinajstić information content (AvgIpc) is 2.73. The molecule has 5 heteroatoms. The molecule has 1 aromatic heterocycles. The van der Waals surface area contributed by atoms with Crippen molar-refractivity contribution in [1.29, 1.82) is 0 Å². The Morgan fingerprint density at radius 1 is 1.50 bits per heavy atom. The van der Waals surface area contributed by atoms with Crippen molar-refractivity contribution >= 4 is 5.91 Å². The zero-order valence-corrected chi connectivity index (χ0v) is 11.3. The zero-order chi connectivity index (χ0) is 13.5. The number of aryl methyl sites for hydroxylation is 1. The van der Waals surface area contributed by atoms with E-state index in [1.54, 1.807) is 13.0 Å². The van der Waals surface area contributed by atoms with E-state index in [4.69, 9.17) is 4.52 Å². The molecule has 18 heavy (non-hydrogen) atoms. The van der Waals surface area contributed by atoms with E-state index in [1.807, 2.05) is 13.8 Å². The third kappa shape index (κ3) is 4.49. The number of aliphatic hydroxyl groups is 1. The predicted molar refractivity (Wildman–Crippen MR) is 68.0 cm³/mol. The van der Waals surface area contributed by atoms with E-state index < -0.39 is 6.10 Å². The summed E-state index contributed by atoms with van der Waals surface area (Å²) in [5.74, 6) is 0.780. The minimum absolute atomic E-state index is 0.145. The van der Waals surface area contributed by atoms with Crippen LogP contribution in [0, 0.1) is 12.8 Å². The number of hydrogen-bond acceptors (Lipinski definition) is 4. The lowest BCUT2D eigenvalue weighted by molar-refractivity contribution is -0.121. The molecule has 1 amide bonds. The van der Waals surface area contributed by atoms with Gasteiger partial charge >= 0.3 is 0 Å². The van der Waals surface area contributed by atoms with Crippen molar-refractivity contribution in [3.05, 3.63) is 17.5 Å². The zero-order valence-electron chi connectivity index (χ0n) is 11.3. The molecule has 2 N–H and O–H groups in total. The van der Waals surface area contributed by atoms with Crippen LogP contribution in [0.2, 0.25) is 0 Å². The number of rotatable bonds is 7. The smallest absolute Gasteiger partial charge is 0.226 e. The van der Waals surface area contributed by atoms with Crippen LogP contribution in [0.4, 0.5) is 0 Å². The first-order valence-electron chi connectivity index (χ1n) is 6.43. The van der Waals surface area contributed by atoms with Crippen LogP contribution in [0.25, 0.3) is 0 Å². The highest BCUT2D eigenvalue weighted by molar-refractivity contribution is 5.78. The number of carbonyl (C=O) groups is 1. The second-order valence-corrected chi connectivity index (χ2v) is 4.55. The summed E-state index contributed by atoms with van der Waals surface area (Å²) in [4.78, 5) is 11.6. The Morgan fingerprint density at radius 2 is 2.17 bits per heavy atom. The Kier molecular flexibility index (Phi) is 5.85. The molecule has 0 bridgehead atoms. The van der Waals surface area contributed by atoms with Crippen molar-refractivity contribution in [1.82, 2.24) is 10.5 Å². The van der Waals surface area contributed by atoms with Gasteiger partial charge in [0.05, 0.1) is 18.2 Å². The molecule has 0 fully saturated rings. The Morgan fingerprint density at radius 3 is 2.67 bits per heavy atom. The van der Waals surface area contributed by atoms with E-state index in [0.29, 0.717) is 18.0 Å². The molecule has 0 saturated carbocycles. The second-order valence-electron chi connectivity index (χ2n) is 4.55. The van der Waals surface area contributed by atoms with Crippen molar-refractivity contribution in [3.8, 4) is 0 Å². The van der Waals surface area contributed by atoms with E-state index in [-0.39, 0.29) is 18.2 Å². The Balaban J connectivity index is 2.32. The van der Waals surface area contributed by atoms with Gasteiger partial charge in [0.1, 0.15) is 5.76 Å². The fourth-order valence-corrected chi connectivity index (χ4v) is 1.95. The maximum Gasteiger partial charge on any atom is 0.226 e. The Hall–Kier alpha value is -1.36. The molecule has 0 spiro atoms. The summed E-state index contributed by atoms with van der Waals surface area (Å²) in [5, 5.41) is 16.3. The van der Waals surface area contributed by atoms with Gasteiger partial charge in [-0.2, -0.15) is 0 Å². The SMILES string of the molecule is CCC(CC)C(O)CNC(=O)Cc1cc(C)on1. The van der Waals surface area contributed by atoms with Crippen LogP contribution in [-0.2, 0) is 11.2 Å². The number of amides is 1. The first kappa shape index (κ1) is 14.7. The van der Waals surface area contributed by atoms with Crippen LogP contribution in [-0.4, -0.2) is 28.8 Å². The first-order chi connectivity index (χ1) is 8.56. The second kappa shape index (κ2) is 7.16. The van der Waals surface area contributed by atoms with Gasteiger partial charge in [0, 0.05) is 12.6 Å². The van der Waals surface area contributed by atoms with E-state index in [1.165, 1.54) is 0 Å². The van der Waals surface area contributed by atoms with Crippen LogP contribution < -0.4 is 5.32 Å². The molecule has 0 saturated heterocycles. The standard InChI is InChI=1S/C13H22N2O3/c1-4-10(5-2)12(16)8-14-13(17)7-11-6-9(3)18-15-11/h6,10,12,16H,4-5,7-8H2,1-3H3,(H,14,17). The Bertz CT molecular complexity index is 372. The van der Waals surface area contributed by atoms with Gasteiger partial charge in [-0.3, -0.25) is 4.79 Å². The summed E-state index contributed by atoms with van der Waals surface area (Å²) in [6.07, 6.45) is 1.53. The van der Waals surface area contributed by atoms with Gasteiger partial charge in [0.2, 0.25) is 5.91 Å². The van der Waals surface area contributed by atoms with Gasteiger partial charge in [-0.15, -0.1) is 0 Å². The van der Waals surface area contributed by atoms with Gasteiger partial charge in [-0.1, -0.05) is 31.8 Å². The molecule has 0 aliphatic carbocycles. The summed E-state index contributed by atoms with van der Waals surface area (Å²) in [5.41, 5.74) is 0.613.